The van der Waals surface area contributed by atoms with Crippen molar-refractivity contribution in [3.63, 3.8) is 0 Å². The van der Waals surface area contributed by atoms with E-state index in [-0.39, 0.29) is 0 Å². The van der Waals surface area contributed by atoms with Crippen LogP contribution in [0.4, 0.5) is 0 Å². The molecule has 1 rings (SSSR count). The summed E-state index contributed by atoms with van der Waals surface area (Å²) in [5.74, 6) is 0. The van der Waals surface area contributed by atoms with E-state index in [2.05, 4.69) is 20.7 Å². The molecule has 0 bridgehead atoms. The predicted octanol–water partition coefficient (Wildman–Crippen LogP) is 1.11. The van der Waals surface area contributed by atoms with Crippen molar-refractivity contribution in [2.24, 2.45) is 0 Å². The highest BCUT2D eigenvalue weighted by Crippen LogP contribution is 2.24. The van der Waals surface area contributed by atoms with Gasteiger partial charge in [0, 0.05) is 37.2 Å². The fraction of sp³-hybridized carbons (Fsp3) is 1.00. The second-order valence-electron chi connectivity index (χ2n) is 4.22. The van der Waals surface area contributed by atoms with Gasteiger partial charge in [0.15, 0.2) is 0 Å². The van der Waals surface area contributed by atoms with Crippen LogP contribution < -0.4 is 4.72 Å². The van der Waals surface area contributed by atoms with Gasteiger partial charge in [-0.05, 0) is 12.8 Å². The summed E-state index contributed by atoms with van der Waals surface area (Å²) in [5.41, 5.74) is -0.403. The third kappa shape index (κ3) is 3.89. The van der Waals surface area contributed by atoms with E-state index in [1.807, 2.05) is 13.8 Å². The molecule has 5 nitrogen and oxygen atoms in total. The third-order valence-electron chi connectivity index (χ3n) is 3.10. The first-order chi connectivity index (χ1) is 7.99. The van der Waals surface area contributed by atoms with E-state index in [4.69, 9.17) is 4.74 Å². The molecule has 0 radical (unpaired) electrons. The number of halogens is 1. The summed E-state index contributed by atoms with van der Waals surface area (Å²) >= 11 is 3.41. The summed E-state index contributed by atoms with van der Waals surface area (Å²) in [7, 11) is -3.39. The molecule has 1 heterocycles. The van der Waals surface area contributed by atoms with Gasteiger partial charge in [-0.15, -0.1) is 0 Å². The maximum Gasteiger partial charge on any atom is 0.279 e. The van der Waals surface area contributed by atoms with E-state index in [1.165, 1.54) is 4.31 Å². The lowest BCUT2D eigenvalue weighted by Crippen LogP contribution is -2.57. The van der Waals surface area contributed by atoms with Crippen molar-refractivity contribution >= 4 is 26.1 Å². The van der Waals surface area contributed by atoms with Gasteiger partial charge in [-0.3, -0.25) is 0 Å². The first kappa shape index (κ1) is 15.4. The minimum absolute atomic E-state index is 0.403. The normalized spacial score (nSPS) is 20.7. The van der Waals surface area contributed by atoms with Crippen molar-refractivity contribution in [2.75, 3.05) is 31.6 Å². The largest absolute Gasteiger partial charge is 0.381 e. The van der Waals surface area contributed by atoms with Crippen LogP contribution in [0.3, 0.4) is 0 Å². The fourth-order valence-corrected chi connectivity index (χ4v) is 4.45. The van der Waals surface area contributed by atoms with Crippen LogP contribution in [-0.2, 0) is 14.9 Å². The van der Waals surface area contributed by atoms with Crippen LogP contribution in [0.15, 0.2) is 0 Å². The molecular formula is C10H21BrN2O3S. The van der Waals surface area contributed by atoms with E-state index >= 15 is 0 Å². The second-order valence-corrected chi connectivity index (χ2v) is 6.45. The van der Waals surface area contributed by atoms with Crippen LogP contribution in [-0.4, -0.2) is 49.9 Å². The van der Waals surface area contributed by atoms with Crippen LogP contribution in [0.25, 0.3) is 0 Å². The lowest BCUT2D eigenvalue weighted by Gasteiger charge is -2.37. The number of hydrogen-bond donors (Lipinski definition) is 1. The molecule has 1 saturated heterocycles. The number of nitrogens with zero attached hydrogens (tertiary/aromatic N) is 1. The molecule has 1 aliphatic heterocycles. The Morgan fingerprint density at radius 1 is 1.29 bits per heavy atom. The van der Waals surface area contributed by atoms with Gasteiger partial charge < -0.3 is 4.74 Å². The summed E-state index contributed by atoms with van der Waals surface area (Å²) < 4.78 is 33.9. The highest BCUT2D eigenvalue weighted by molar-refractivity contribution is 9.09. The van der Waals surface area contributed by atoms with Gasteiger partial charge in [-0.2, -0.15) is 17.4 Å². The Kier molecular flexibility index (Phi) is 5.85. The van der Waals surface area contributed by atoms with Crippen molar-refractivity contribution in [3.8, 4) is 0 Å². The molecule has 0 unspecified atom stereocenters. The summed E-state index contributed by atoms with van der Waals surface area (Å²) in [6, 6.07) is 0. The molecule has 17 heavy (non-hydrogen) atoms. The standard InChI is InChI=1S/C10H21BrN2O3S/c1-3-13(4-2)17(14,15)12-10(9-11)5-7-16-8-6-10/h12H,3-9H2,1-2H3. The first-order valence-corrected chi connectivity index (χ1v) is 8.48. The Morgan fingerprint density at radius 3 is 2.24 bits per heavy atom. The molecule has 7 heteroatoms. The van der Waals surface area contributed by atoms with Gasteiger partial charge in [0.2, 0.25) is 0 Å². The van der Waals surface area contributed by atoms with E-state index in [1.54, 1.807) is 0 Å². The number of hydrogen-bond acceptors (Lipinski definition) is 3. The highest BCUT2D eigenvalue weighted by Gasteiger charge is 2.37. The van der Waals surface area contributed by atoms with Crippen LogP contribution in [0, 0.1) is 0 Å². The molecule has 0 aliphatic carbocycles. The Morgan fingerprint density at radius 2 is 1.82 bits per heavy atom. The second kappa shape index (κ2) is 6.47. The molecule has 0 aromatic carbocycles. The van der Waals surface area contributed by atoms with Crippen LogP contribution >= 0.6 is 15.9 Å². The van der Waals surface area contributed by atoms with Gasteiger partial charge in [-0.1, -0.05) is 29.8 Å². The zero-order valence-electron chi connectivity index (χ0n) is 10.4. The minimum atomic E-state index is -3.39. The minimum Gasteiger partial charge on any atom is -0.381 e. The molecule has 0 saturated carbocycles. The molecular weight excluding hydrogens is 308 g/mol. The zero-order chi connectivity index (χ0) is 12.9. The van der Waals surface area contributed by atoms with Crippen LogP contribution in [0.2, 0.25) is 0 Å². The van der Waals surface area contributed by atoms with Gasteiger partial charge >= 0.3 is 0 Å². The maximum absolute atomic E-state index is 12.2. The van der Waals surface area contributed by atoms with Crippen LogP contribution in [0.5, 0.6) is 0 Å². The van der Waals surface area contributed by atoms with E-state index in [0.717, 1.165) is 0 Å². The lowest BCUT2D eigenvalue weighted by atomic mass is 9.94. The summed E-state index contributed by atoms with van der Waals surface area (Å²) in [4.78, 5) is 0. The van der Waals surface area contributed by atoms with Crippen LogP contribution in [0.1, 0.15) is 26.7 Å². The summed E-state index contributed by atoms with van der Waals surface area (Å²) in [6.07, 6.45) is 1.41. The molecule has 1 N–H and O–H groups in total. The van der Waals surface area contributed by atoms with E-state index in [0.29, 0.717) is 44.5 Å². The Balaban J connectivity index is 2.79. The SMILES string of the molecule is CCN(CC)S(=O)(=O)NC1(CBr)CCOCC1. The molecule has 102 valence electrons. The van der Waals surface area contributed by atoms with Crippen molar-refractivity contribution in [1.82, 2.24) is 9.03 Å². The van der Waals surface area contributed by atoms with Gasteiger partial charge in [-0.25, -0.2) is 0 Å². The van der Waals surface area contributed by atoms with Crippen molar-refractivity contribution in [2.45, 2.75) is 32.2 Å². The van der Waals surface area contributed by atoms with Gasteiger partial charge in [0.25, 0.3) is 10.2 Å². The molecule has 0 spiro atoms. The number of nitrogens with one attached hydrogen (secondary N) is 1. The maximum atomic E-state index is 12.2. The van der Waals surface area contributed by atoms with Gasteiger partial charge in [0.05, 0.1) is 0 Å². The van der Waals surface area contributed by atoms with Crippen molar-refractivity contribution in [3.05, 3.63) is 0 Å². The summed E-state index contributed by atoms with van der Waals surface area (Å²) in [5, 5.41) is 0.615. The molecule has 0 atom stereocenters. The quantitative estimate of drug-likeness (QED) is 0.743. The molecule has 0 aromatic heterocycles. The van der Waals surface area contributed by atoms with Crippen molar-refractivity contribution < 1.29 is 13.2 Å². The predicted molar refractivity (Wildman–Crippen MR) is 71.6 cm³/mol. The number of ether oxygens (including phenoxy) is 1. The smallest absolute Gasteiger partial charge is 0.279 e. The third-order valence-corrected chi connectivity index (χ3v) is 6.06. The van der Waals surface area contributed by atoms with E-state index in [9.17, 15) is 8.42 Å². The monoisotopic (exact) mass is 328 g/mol. The first-order valence-electron chi connectivity index (χ1n) is 5.92. The van der Waals surface area contributed by atoms with Gasteiger partial charge in [0.1, 0.15) is 0 Å². The number of alkyl halides is 1. The molecule has 0 aromatic rings. The highest BCUT2D eigenvalue weighted by atomic mass is 79.9. The molecule has 1 aliphatic rings. The Hall–Kier alpha value is 0.310. The van der Waals surface area contributed by atoms with Crippen molar-refractivity contribution in [1.29, 1.82) is 0 Å². The summed E-state index contributed by atoms with van der Waals surface area (Å²) in [6.45, 7) is 5.86. The average Bonchev–Trinajstić information content (AvgIpc) is 2.30. The topological polar surface area (TPSA) is 58.6 Å². The zero-order valence-corrected chi connectivity index (χ0v) is 12.8. The fourth-order valence-electron chi connectivity index (χ4n) is 1.93. The number of rotatable bonds is 6. The lowest BCUT2D eigenvalue weighted by molar-refractivity contribution is 0.0551. The Bertz CT molecular complexity index is 324. The average molecular weight is 329 g/mol. The Labute approximate surface area is 112 Å². The molecule has 1 fully saturated rings. The molecule has 0 amide bonds. The van der Waals surface area contributed by atoms with E-state index < -0.39 is 15.7 Å².